The van der Waals surface area contributed by atoms with Crippen molar-refractivity contribution in [2.45, 2.75) is 34.7 Å². The van der Waals surface area contributed by atoms with Crippen LogP contribution in [0.15, 0.2) is 14.5 Å². The minimum atomic E-state index is -3.63. The Bertz CT molecular complexity index is 616. The third-order valence-corrected chi connectivity index (χ3v) is 8.01. The molecule has 23 heavy (non-hydrogen) atoms. The number of nitrogens with zero attached hydrogens (tertiary/aromatic N) is 1. The van der Waals surface area contributed by atoms with E-state index in [1.165, 1.54) is 11.3 Å². The fourth-order valence-corrected chi connectivity index (χ4v) is 6.34. The summed E-state index contributed by atoms with van der Waals surface area (Å²) in [5.41, 5.74) is 1.07. The standard InChI is InChI=1S/C14H25N3O2S4/c1-10(2)8-16-12-9-17(5-4-6-20-3)22-14-11(12)7-13(21-14)23(15,18)19/h7,10,12,16H,4-6,8-9H2,1-3H3,(H2,15,18,19). The van der Waals surface area contributed by atoms with Gasteiger partial charge in [-0.05, 0) is 54.5 Å². The van der Waals surface area contributed by atoms with Gasteiger partial charge in [0.25, 0.3) is 0 Å². The summed E-state index contributed by atoms with van der Waals surface area (Å²) in [6.45, 7) is 7.15. The van der Waals surface area contributed by atoms with Crippen molar-refractivity contribution in [3.8, 4) is 0 Å². The van der Waals surface area contributed by atoms with Crippen LogP contribution in [0.1, 0.15) is 31.9 Å². The number of fused-ring (bicyclic) bond motifs is 1. The van der Waals surface area contributed by atoms with E-state index in [9.17, 15) is 8.42 Å². The van der Waals surface area contributed by atoms with Crippen LogP contribution in [0.4, 0.5) is 0 Å². The maximum Gasteiger partial charge on any atom is 0.247 e. The molecule has 0 radical (unpaired) electrons. The third-order valence-electron chi connectivity index (χ3n) is 3.48. The molecule has 1 aliphatic heterocycles. The Morgan fingerprint density at radius 1 is 1.52 bits per heavy atom. The molecule has 0 fully saturated rings. The van der Waals surface area contributed by atoms with Crippen LogP contribution in [0, 0.1) is 5.92 Å². The molecule has 0 amide bonds. The zero-order valence-electron chi connectivity index (χ0n) is 13.7. The summed E-state index contributed by atoms with van der Waals surface area (Å²) in [5, 5.41) is 8.88. The molecule has 0 aliphatic carbocycles. The Labute approximate surface area is 152 Å². The van der Waals surface area contributed by atoms with Gasteiger partial charge in [-0.2, -0.15) is 11.8 Å². The second-order valence-electron chi connectivity index (χ2n) is 6.03. The first kappa shape index (κ1) is 19.6. The molecule has 0 spiro atoms. The van der Waals surface area contributed by atoms with E-state index in [-0.39, 0.29) is 10.3 Å². The number of nitrogens with two attached hydrogens (primary N) is 1. The van der Waals surface area contributed by atoms with Gasteiger partial charge in [0.1, 0.15) is 4.21 Å². The molecule has 1 aromatic rings. The van der Waals surface area contributed by atoms with Crippen LogP contribution in [0.5, 0.6) is 0 Å². The van der Waals surface area contributed by atoms with Crippen molar-refractivity contribution in [2.24, 2.45) is 11.1 Å². The lowest BCUT2D eigenvalue weighted by Gasteiger charge is -2.32. The molecule has 1 unspecified atom stereocenters. The average molecular weight is 396 g/mol. The Kier molecular flexibility index (Phi) is 7.27. The monoisotopic (exact) mass is 395 g/mol. The topological polar surface area (TPSA) is 75.4 Å². The SMILES string of the molecule is CSCCCN1CC(NCC(C)C)c2cc(S(N)(=O)=O)sc2S1. The molecule has 5 nitrogen and oxygen atoms in total. The largest absolute Gasteiger partial charge is 0.309 e. The lowest BCUT2D eigenvalue weighted by atomic mass is 10.1. The van der Waals surface area contributed by atoms with E-state index in [4.69, 9.17) is 5.14 Å². The van der Waals surface area contributed by atoms with Gasteiger partial charge >= 0.3 is 0 Å². The summed E-state index contributed by atoms with van der Waals surface area (Å²) in [6.07, 6.45) is 3.25. The van der Waals surface area contributed by atoms with Crippen LogP contribution in [-0.2, 0) is 10.0 Å². The zero-order chi connectivity index (χ0) is 17.0. The first-order valence-electron chi connectivity index (χ1n) is 7.63. The molecule has 0 saturated carbocycles. The summed E-state index contributed by atoms with van der Waals surface area (Å²) in [4.78, 5) is 0. The first-order chi connectivity index (χ1) is 10.8. The van der Waals surface area contributed by atoms with E-state index in [1.807, 2.05) is 11.8 Å². The van der Waals surface area contributed by atoms with Gasteiger partial charge in [0, 0.05) is 19.1 Å². The normalized spacial score (nSPS) is 19.3. The number of primary sulfonamides is 1. The quantitative estimate of drug-likeness (QED) is 0.521. The van der Waals surface area contributed by atoms with Crippen LogP contribution < -0.4 is 10.5 Å². The number of hydrogen-bond acceptors (Lipinski definition) is 7. The summed E-state index contributed by atoms with van der Waals surface area (Å²) >= 11 is 4.80. The highest BCUT2D eigenvalue weighted by atomic mass is 32.3. The molecule has 1 aromatic heterocycles. The van der Waals surface area contributed by atoms with Crippen LogP contribution in [-0.4, -0.2) is 44.4 Å². The highest BCUT2D eigenvalue weighted by Crippen LogP contribution is 2.43. The van der Waals surface area contributed by atoms with Crippen LogP contribution in [0.3, 0.4) is 0 Å². The highest BCUT2D eigenvalue weighted by Gasteiger charge is 2.30. The van der Waals surface area contributed by atoms with Crippen molar-refractivity contribution in [3.05, 3.63) is 11.6 Å². The summed E-state index contributed by atoms with van der Waals surface area (Å²) in [5.74, 6) is 1.69. The molecule has 9 heteroatoms. The van der Waals surface area contributed by atoms with Gasteiger partial charge in [0.05, 0.1) is 4.21 Å². The maximum absolute atomic E-state index is 11.7. The molecule has 1 aliphatic rings. The van der Waals surface area contributed by atoms with Gasteiger partial charge in [0.2, 0.25) is 10.0 Å². The zero-order valence-corrected chi connectivity index (χ0v) is 17.0. The van der Waals surface area contributed by atoms with E-state index in [0.29, 0.717) is 5.92 Å². The molecule has 3 N–H and O–H groups in total. The van der Waals surface area contributed by atoms with Crippen LogP contribution >= 0.6 is 35.0 Å². The van der Waals surface area contributed by atoms with Crippen LogP contribution in [0.2, 0.25) is 0 Å². The number of nitrogens with one attached hydrogen (secondary N) is 1. The third kappa shape index (κ3) is 5.62. The summed E-state index contributed by atoms with van der Waals surface area (Å²) in [7, 11) is -3.63. The van der Waals surface area contributed by atoms with Gasteiger partial charge in [-0.15, -0.1) is 11.3 Å². The van der Waals surface area contributed by atoms with Crippen molar-refractivity contribution in [2.75, 3.05) is 31.6 Å². The van der Waals surface area contributed by atoms with Gasteiger partial charge in [-0.3, -0.25) is 0 Å². The molecular formula is C14H25N3O2S4. The average Bonchev–Trinajstić information content (AvgIpc) is 2.89. The van der Waals surface area contributed by atoms with Crippen molar-refractivity contribution in [1.82, 2.24) is 9.62 Å². The number of sulfonamides is 1. The predicted octanol–water partition coefficient (Wildman–Crippen LogP) is 2.76. The minimum absolute atomic E-state index is 0.162. The van der Waals surface area contributed by atoms with Gasteiger partial charge < -0.3 is 5.32 Å². The van der Waals surface area contributed by atoms with E-state index in [1.54, 1.807) is 18.0 Å². The van der Waals surface area contributed by atoms with Crippen molar-refractivity contribution >= 4 is 45.1 Å². The van der Waals surface area contributed by atoms with E-state index < -0.39 is 10.0 Å². The molecule has 2 rings (SSSR count). The molecule has 132 valence electrons. The van der Waals surface area contributed by atoms with Gasteiger partial charge in [0.15, 0.2) is 0 Å². The van der Waals surface area contributed by atoms with Crippen LogP contribution in [0.25, 0.3) is 0 Å². The fourth-order valence-electron chi connectivity index (χ4n) is 2.35. The fraction of sp³-hybridized carbons (Fsp3) is 0.714. The van der Waals surface area contributed by atoms with E-state index in [0.717, 1.165) is 41.6 Å². The number of rotatable bonds is 8. The molecule has 2 heterocycles. The smallest absolute Gasteiger partial charge is 0.247 e. The second-order valence-corrected chi connectivity index (χ2v) is 11.2. The van der Waals surface area contributed by atoms with Gasteiger partial charge in [-0.1, -0.05) is 13.8 Å². The first-order valence-corrected chi connectivity index (χ1v) is 12.2. The van der Waals surface area contributed by atoms with E-state index in [2.05, 4.69) is 29.7 Å². The van der Waals surface area contributed by atoms with Crippen molar-refractivity contribution in [3.63, 3.8) is 0 Å². The number of hydrogen-bond donors (Lipinski definition) is 2. The Balaban J connectivity index is 2.18. The number of thiophene rings is 1. The summed E-state index contributed by atoms with van der Waals surface area (Å²) < 4.78 is 27.0. The second kappa shape index (κ2) is 8.55. The molecule has 0 saturated heterocycles. The molecule has 1 atom stereocenters. The lowest BCUT2D eigenvalue weighted by Crippen LogP contribution is -2.36. The molecular weight excluding hydrogens is 370 g/mol. The lowest BCUT2D eigenvalue weighted by molar-refractivity contribution is 0.363. The Morgan fingerprint density at radius 3 is 2.87 bits per heavy atom. The van der Waals surface area contributed by atoms with E-state index >= 15 is 0 Å². The highest BCUT2D eigenvalue weighted by molar-refractivity contribution is 7.99. The predicted molar refractivity (Wildman–Crippen MR) is 102 cm³/mol. The van der Waals surface area contributed by atoms with Crippen molar-refractivity contribution < 1.29 is 8.42 Å². The maximum atomic E-state index is 11.7. The molecule has 0 bridgehead atoms. The molecule has 0 aromatic carbocycles. The Morgan fingerprint density at radius 2 is 2.26 bits per heavy atom. The summed E-state index contributed by atoms with van der Waals surface area (Å²) in [6, 6.07) is 1.91. The van der Waals surface area contributed by atoms with Gasteiger partial charge in [-0.25, -0.2) is 17.9 Å². The number of thioether (sulfide) groups is 1. The van der Waals surface area contributed by atoms with Crippen molar-refractivity contribution in [1.29, 1.82) is 0 Å². The Hall–Kier alpha value is 0.230. The minimum Gasteiger partial charge on any atom is -0.309 e.